The average Bonchev–Trinajstić information content (AvgIpc) is 3.27. The Labute approximate surface area is 171 Å². The molecule has 2 aromatic carbocycles. The van der Waals surface area contributed by atoms with E-state index in [0.29, 0.717) is 25.8 Å². The zero-order valence-electron chi connectivity index (χ0n) is 16.5. The molecule has 0 bridgehead atoms. The smallest absolute Gasteiger partial charge is 0.223 e. The summed E-state index contributed by atoms with van der Waals surface area (Å²) in [4.78, 5) is 19.4. The van der Waals surface area contributed by atoms with Crippen LogP contribution in [0.1, 0.15) is 25.6 Å². The highest BCUT2D eigenvalue weighted by Crippen LogP contribution is 2.23. The van der Waals surface area contributed by atoms with Gasteiger partial charge >= 0.3 is 0 Å². The standard InChI is InChI=1S/C22H25N3O3S/c1-2-24(18-14-15-29(27,28)16-18)22(26)13-12-21-23-19-10-6-7-11-20(19)25(21)17-8-4-3-5-9-17/h3-11,18H,2,12-16H2,1H3. The number of hydrogen-bond donors (Lipinski definition) is 0. The number of hydrogen-bond acceptors (Lipinski definition) is 4. The lowest BCUT2D eigenvalue weighted by Crippen LogP contribution is -2.41. The first-order valence-corrected chi connectivity index (χ1v) is 11.8. The predicted molar refractivity (Wildman–Crippen MR) is 114 cm³/mol. The van der Waals surface area contributed by atoms with Crippen molar-refractivity contribution in [2.75, 3.05) is 18.1 Å². The van der Waals surface area contributed by atoms with Crippen LogP contribution in [0.4, 0.5) is 0 Å². The van der Waals surface area contributed by atoms with E-state index in [-0.39, 0.29) is 23.5 Å². The fraction of sp³-hybridized carbons (Fsp3) is 0.364. The molecule has 1 fully saturated rings. The van der Waals surface area contributed by atoms with E-state index < -0.39 is 9.84 Å². The second-order valence-electron chi connectivity index (χ2n) is 7.42. The maximum absolute atomic E-state index is 12.9. The molecule has 7 heteroatoms. The lowest BCUT2D eigenvalue weighted by Gasteiger charge is -2.27. The summed E-state index contributed by atoms with van der Waals surface area (Å²) in [6.45, 7) is 2.43. The summed E-state index contributed by atoms with van der Waals surface area (Å²) in [5.41, 5.74) is 2.92. The van der Waals surface area contributed by atoms with Gasteiger partial charge in [0.15, 0.2) is 9.84 Å². The van der Waals surface area contributed by atoms with Gasteiger partial charge in [0.2, 0.25) is 5.91 Å². The van der Waals surface area contributed by atoms with Crippen molar-refractivity contribution in [1.29, 1.82) is 0 Å². The van der Waals surface area contributed by atoms with E-state index in [4.69, 9.17) is 4.98 Å². The first kappa shape index (κ1) is 19.6. The van der Waals surface area contributed by atoms with Crippen LogP contribution in [-0.2, 0) is 21.1 Å². The largest absolute Gasteiger partial charge is 0.339 e. The predicted octanol–water partition coefficient (Wildman–Crippen LogP) is 2.99. The molecular formula is C22H25N3O3S. The van der Waals surface area contributed by atoms with Gasteiger partial charge in [-0.15, -0.1) is 0 Å². The first-order valence-electron chi connectivity index (χ1n) is 10.00. The van der Waals surface area contributed by atoms with Crippen LogP contribution in [-0.4, -0.2) is 52.9 Å². The molecule has 152 valence electrons. The Kier molecular flexibility index (Phi) is 5.41. The molecule has 0 saturated carbocycles. The second-order valence-corrected chi connectivity index (χ2v) is 9.65. The van der Waals surface area contributed by atoms with Crippen LogP contribution in [0.2, 0.25) is 0 Å². The Balaban J connectivity index is 1.57. The molecule has 1 amide bonds. The van der Waals surface area contributed by atoms with Crippen LogP contribution in [0.5, 0.6) is 0 Å². The van der Waals surface area contributed by atoms with Gasteiger partial charge in [-0.1, -0.05) is 30.3 Å². The maximum atomic E-state index is 12.9. The van der Waals surface area contributed by atoms with Gasteiger partial charge < -0.3 is 4.90 Å². The number of carbonyl (C=O) groups excluding carboxylic acids is 1. The molecule has 1 aromatic heterocycles. The molecule has 0 radical (unpaired) electrons. The number of nitrogens with zero attached hydrogens (tertiary/aromatic N) is 3. The van der Waals surface area contributed by atoms with E-state index >= 15 is 0 Å². The monoisotopic (exact) mass is 411 g/mol. The fourth-order valence-electron chi connectivity index (χ4n) is 4.13. The van der Waals surface area contributed by atoms with E-state index in [1.165, 1.54) is 0 Å². The van der Waals surface area contributed by atoms with E-state index in [1.54, 1.807) is 4.90 Å². The summed E-state index contributed by atoms with van der Waals surface area (Å²) >= 11 is 0. The third-order valence-corrected chi connectivity index (χ3v) is 7.27. The lowest BCUT2D eigenvalue weighted by molar-refractivity contribution is -0.132. The Morgan fingerprint density at radius 1 is 1.14 bits per heavy atom. The Hall–Kier alpha value is -2.67. The molecule has 4 rings (SSSR count). The number of amides is 1. The Morgan fingerprint density at radius 2 is 1.86 bits per heavy atom. The van der Waals surface area contributed by atoms with Crippen molar-refractivity contribution in [3.05, 3.63) is 60.4 Å². The fourth-order valence-corrected chi connectivity index (χ4v) is 5.86. The van der Waals surface area contributed by atoms with E-state index in [2.05, 4.69) is 4.57 Å². The average molecular weight is 412 g/mol. The number of aromatic nitrogens is 2. The number of aryl methyl sites for hydroxylation is 1. The van der Waals surface area contributed by atoms with Gasteiger partial charge in [0.1, 0.15) is 5.82 Å². The zero-order valence-corrected chi connectivity index (χ0v) is 17.3. The third-order valence-electron chi connectivity index (χ3n) is 5.52. The Bertz CT molecular complexity index is 1120. The number of fused-ring (bicyclic) bond motifs is 1. The minimum absolute atomic E-state index is 0.0127. The van der Waals surface area contributed by atoms with Crippen molar-refractivity contribution in [1.82, 2.24) is 14.5 Å². The van der Waals surface area contributed by atoms with Crippen molar-refractivity contribution in [2.45, 2.75) is 32.2 Å². The molecule has 1 aliphatic rings. The maximum Gasteiger partial charge on any atom is 0.223 e. The summed E-state index contributed by atoms with van der Waals surface area (Å²) in [5, 5.41) is 0. The Morgan fingerprint density at radius 3 is 2.55 bits per heavy atom. The highest BCUT2D eigenvalue weighted by molar-refractivity contribution is 7.91. The molecule has 6 nitrogen and oxygen atoms in total. The number of carbonyl (C=O) groups is 1. The van der Waals surface area contributed by atoms with Crippen LogP contribution in [0, 0.1) is 0 Å². The first-order chi connectivity index (χ1) is 14.0. The molecule has 0 aliphatic carbocycles. The number of sulfone groups is 1. The molecule has 2 heterocycles. The van der Waals surface area contributed by atoms with Gasteiger partial charge in [-0.05, 0) is 37.6 Å². The number of para-hydroxylation sites is 3. The minimum atomic E-state index is -3.02. The summed E-state index contributed by atoms with van der Waals surface area (Å²) in [6.07, 6.45) is 1.34. The SMILES string of the molecule is CCN(C(=O)CCc1nc2ccccc2n1-c1ccccc1)C1CCS(=O)(=O)C1. The summed E-state index contributed by atoms with van der Waals surface area (Å²) < 4.78 is 25.7. The van der Waals surface area contributed by atoms with Gasteiger partial charge in [-0.25, -0.2) is 13.4 Å². The molecular weight excluding hydrogens is 386 g/mol. The van der Waals surface area contributed by atoms with Gasteiger partial charge in [-0.3, -0.25) is 9.36 Å². The zero-order chi connectivity index (χ0) is 20.4. The lowest BCUT2D eigenvalue weighted by atomic mass is 10.2. The second kappa shape index (κ2) is 7.99. The van der Waals surface area contributed by atoms with Crippen LogP contribution in [0.3, 0.4) is 0 Å². The number of benzene rings is 2. The normalized spacial score (nSPS) is 18.2. The molecule has 29 heavy (non-hydrogen) atoms. The van der Waals surface area contributed by atoms with Crippen molar-refractivity contribution in [3.63, 3.8) is 0 Å². The van der Waals surface area contributed by atoms with E-state index in [1.807, 2.05) is 61.5 Å². The summed E-state index contributed by atoms with van der Waals surface area (Å²) in [7, 11) is -3.02. The molecule has 1 atom stereocenters. The van der Waals surface area contributed by atoms with Crippen LogP contribution in [0.25, 0.3) is 16.7 Å². The molecule has 0 spiro atoms. The highest BCUT2D eigenvalue weighted by atomic mass is 32.2. The van der Waals surface area contributed by atoms with Crippen molar-refractivity contribution < 1.29 is 13.2 Å². The minimum Gasteiger partial charge on any atom is -0.339 e. The molecule has 3 aromatic rings. The molecule has 1 unspecified atom stereocenters. The van der Waals surface area contributed by atoms with Gasteiger partial charge in [0.25, 0.3) is 0 Å². The topological polar surface area (TPSA) is 72.3 Å². The van der Waals surface area contributed by atoms with E-state index in [9.17, 15) is 13.2 Å². The van der Waals surface area contributed by atoms with Crippen molar-refractivity contribution in [3.8, 4) is 5.69 Å². The quantitative estimate of drug-likeness (QED) is 0.625. The van der Waals surface area contributed by atoms with Crippen molar-refractivity contribution >= 4 is 26.8 Å². The van der Waals surface area contributed by atoms with Gasteiger partial charge in [0.05, 0.1) is 22.5 Å². The van der Waals surface area contributed by atoms with Gasteiger partial charge in [-0.2, -0.15) is 0 Å². The number of rotatable bonds is 6. The molecule has 1 saturated heterocycles. The summed E-state index contributed by atoms with van der Waals surface area (Å²) in [6, 6.07) is 17.7. The molecule has 1 aliphatic heterocycles. The van der Waals surface area contributed by atoms with Gasteiger partial charge in [0, 0.05) is 31.1 Å². The summed E-state index contributed by atoms with van der Waals surface area (Å²) in [5.74, 6) is 1.07. The number of imidazole rings is 1. The highest BCUT2D eigenvalue weighted by Gasteiger charge is 2.33. The van der Waals surface area contributed by atoms with Crippen LogP contribution in [0.15, 0.2) is 54.6 Å². The van der Waals surface area contributed by atoms with E-state index in [0.717, 1.165) is 22.5 Å². The van der Waals surface area contributed by atoms with Crippen molar-refractivity contribution in [2.24, 2.45) is 0 Å². The molecule has 0 N–H and O–H groups in total. The third kappa shape index (κ3) is 4.05. The van der Waals surface area contributed by atoms with Crippen LogP contribution >= 0.6 is 0 Å². The van der Waals surface area contributed by atoms with Crippen LogP contribution < -0.4 is 0 Å².